The van der Waals surface area contributed by atoms with Gasteiger partial charge in [-0.2, -0.15) is 0 Å². The standard InChI is InChI=1S/C22H28N6O3S/c1-13-9-26(10-15-12-31-6-5-27(13)15)17-7-16(32(30)18-8-22(18,2)25-32)11-28-20(17)23-24-21(28)19(29)14-3-4-14/h7,11,13-15H,3-6,8-10,12H2,1-2H3,(H,25,30)/t13-,15+,22?,32?/m0/s1. The highest BCUT2D eigenvalue weighted by Crippen LogP contribution is 2.45. The molecule has 4 atom stereocenters. The Morgan fingerprint density at radius 3 is 2.88 bits per heavy atom. The number of carbonyl (C=O) groups excluding carboxylic acids is 1. The third-order valence-corrected chi connectivity index (χ3v) is 10.7. The van der Waals surface area contributed by atoms with Gasteiger partial charge in [-0.1, -0.05) is 0 Å². The summed E-state index contributed by atoms with van der Waals surface area (Å²) in [6.45, 7) is 8.44. The smallest absolute Gasteiger partial charge is 0.204 e. The van der Waals surface area contributed by atoms with Crippen molar-refractivity contribution in [3.63, 3.8) is 0 Å². The molecule has 0 spiro atoms. The van der Waals surface area contributed by atoms with Crippen LogP contribution in [0, 0.1) is 5.92 Å². The van der Waals surface area contributed by atoms with E-state index in [4.69, 9.17) is 4.74 Å². The largest absolute Gasteiger partial charge is 0.378 e. The zero-order valence-corrected chi connectivity index (χ0v) is 19.2. The highest BCUT2D eigenvalue weighted by atomic mass is 32.2. The quantitative estimate of drug-likeness (QED) is 0.536. The minimum absolute atomic E-state index is 0.0416. The second-order valence-electron chi connectivity index (χ2n) is 10.2. The van der Waals surface area contributed by atoms with Crippen molar-refractivity contribution in [3.05, 3.63) is 18.1 Å². The van der Waals surface area contributed by atoms with Crippen molar-refractivity contribution in [2.24, 2.45) is 5.92 Å². The lowest BCUT2D eigenvalue weighted by molar-refractivity contribution is -0.0317. The minimum Gasteiger partial charge on any atom is -0.378 e. The number of ketones is 1. The van der Waals surface area contributed by atoms with E-state index in [2.05, 4.69) is 38.6 Å². The molecule has 170 valence electrons. The Morgan fingerprint density at radius 1 is 1.31 bits per heavy atom. The number of piperazine rings is 1. The molecule has 2 saturated heterocycles. The zero-order valence-electron chi connectivity index (χ0n) is 18.4. The first-order valence-corrected chi connectivity index (χ1v) is 13.1. The predicted molar refractivity (Wildman–Crippen MR) is 121 cm³/mol. The van der Waals surface area contributed by atoms with E-state index in [0.717, 1.165) is 61.0 Å². The molecule has 0 amide bonds. The van der Waals surface area contributed by atoms with E-state index in [-0.39, 0.29) is 17.2 Å². The summed E-state index contributed by atoms with van der Waals surface area (Å²) in [5.41, 5.74) is 1.49. The van der Waals surface area contributed by atoms with Gasteiger partial charge in [-0.25, -0.2) is 8.93 Å². The summed E-state index contributed by atoms with van der Waals surface area (Å²) in [6, 6.07) is 2.69. The molecule has 7 rings (SSSR count). The van der Waals surface area contributed by atoms with Crippen LogP contribution < -0.4 is 9.62 Å². The van der Waals surface area contributed by atoms with Crippen molar-refractivity contribution in [1.82, 2.24) is 24.2 Å². The number of carbonyl (C=O) groups is 1. The van der Waals surface area contributed by atoms with Crippen LogP contribution in [0.15, 0.2) is 17.2 Å². The first-order valence-electron chi connectivity index (χ1n) is 11.6. The second kappa shape index (κ2) is 6.31. The summed E-state index contributed by atoms with van der Waals surface area (Å²) in [6.07, 6.45) is 4.51. The van der Waals surface area contributed by atoms with Gasteiger partial charge in [0, 0.05) is 49.1 Å². The normalized spacial score (nSPS) is 36.6. The van der Waals surface area contributed by atoms with E-state index in [1.165, 1.54) is 0 Å². The first-order chi connectivity index (χ1) is 15.4. The fraction of sp³-hybridized carbons (Fsp3) is 0.636. The van der Waals surface area contributed by atoms with Crippen molar-refractivity contribution in [3.8, 4) is 0 Å². The maximum atomic E-state index is 13.8. The fourth-order valence-corrected chi connectivity index (χ4v) is 8.63. The fourth-order valence-electron chi connectivity index (χ4n) is 5.72. The molecule has 2 aliphatic carbocycles. The van der Waals surface area contributed by atoms with Gasteiger partial charge in [-0.3, -0.25) is 14.1 Å². The summed E-state index contributed by atoms with van der Waals surface area (Å²) >= 11 is 0. The molecular formula is C22H28N6O3S. The number of anilines is 1. The minimum atomic E-state index is -2.43. The third-order valence-electron chi connectivity index (χ3n) is 7.78. The molecule has 2 aromatic rings. The van der Waals surface area contributed by atoms with Crippen LogP contribution >= 0.6 is 0 Å². The second-order valence-corrected chi connectivity index (χ2v) is 12.5. The van der Waals surface area contributed by atoms with E-state index in [0.29, 0.717) is 30.2 Å². The number of nitrogens with one attached hydrogen (secondary N) is 1. The molecule has 1 N–H and O–H groups in total. The van der Waals surface area contributed by atoms with Crippen LogP contribution in [-0.4, -0.2) is 84.8 Å². The number of fused-ring (bicyclic) bond motifs is 3. The zero-order chi connectivity index (χ0) is 21.8. The average molecular weight is 457 g/mol. The van der Waals surface area contributed by atoms with E-state index in [9.17, 15) is 9.00 Å². The number of aromatic nitrogens is 3. The molecule has 2 unspecified atom stereocenters. The van der Waals surface area contributed by atoms with Crippen LogP contribution in [0.25, 0.3) is 5.65 Å². The van der Waals surface area contributed by atoms with Crippen molar-refractivity contribution in [1.29, 1.82) is 0 Å². The summed E-state index contributed by atoms with van der Waals surface area (Å²) in [7, 11) is -2.43. The molecule has 2 saturated carbocycles. The third kappa shape index (κ3) is 2.63. The Kier molecular flexibility index (Phi) is 3.84. The van der Waals surface area contributed by atoms with E-state index >= 15 is 0 Å². The summed E-state index contributed by atoms with van der Waals surface area (Å²) in [4.78, 5) is 19.6. The van der Waals surface area contributed by atoms with Gasteiger partial charge in [0.05, 0.1) is 45.1 Å². The maximum Gasteiger partial charge on any atom is 0.204 e. The van der Waals surface area contributed by atoms with Crippen LogP contribution in [0.2, 0.25) is 0 Å². The Hall–Kier alpha value is -2.01. The lowest BCUT2D eigenvalue weighted by Crippen LogP contribution is -2.62. The van der Waals surface area contributed by atoms with Crippen molar-refractivity contribution < 1.29 is 13.7 Å². The highest BCUT2D eigenvalue weighted by Gasteiger charge is 2.60. The summed E-state index contributed by atoms with van der Waals surface area (Å²) < 4.78 is 24.7. The van der Waals surface area contributed by atoms with Crippen molar-refractivity contribution >= 4 is 31.7 Å². The lowest BCUT2D eigenvalue weighted by Gasteiger charge is -2.48. The van der Waals surface area contributed by atoms with Gasteiger partial charge in [0.25, 0.3) is 0 Å². The van der Waals surface area contributed by atoms with Gasteiger partial charge in [-0.05, 0) is 32.8 Å². The maximum absolute atomic E-state index is 13.8. The molecule has 3 aliphatic heterocycles. The Balaban J connectivity index is 1.37. The molecule has 32 heavy (non-hydrogen) atoms. The molecule has 0 radical (unpaired) electrons. The molecule has 10 heteroatoms. The Labute approximate surface area is 187 Å². The average Bonchev–Trinajstić information content (AvgIpc) is 3.68. The van der Waals surface area contributed by atoms with Crippen LogP contribution in [-0.2, 0) is 14.4 Å². The van der Waals surface area contributed by atoms with Gasteiger partial charge < -0.3 is 9.64 Å². The molecule has 0 bridgehead atoms. The van der Waals surface area contributed by atoms with Crippen LogP contribution in [0.5, 0.6) is 0 Å². The number of pyridine rings is 1. The number of hydrogen-bond donors (Lipinski definition) is 1. The molecule has 0 aromatic carbocycles. The monoisotopic (exact) mass is 456 g/mol. The molecule has 5 heterocycles. The summed E-state index contributed by atoms with van der Waals surface area (Å²) in [5.74, 6) is 0.456. The van der Waals surface area contributed by atoms with Gasteiger partial charge in [0.1, 0.15) is 0 Å². The topological polar surface area (TPSA) is 92.1 Å². The van der Waals surface area contributed by atoms with Gasteiger partial charge >= 0.3 is 0 Å². The van der Waals surface area contributed by atoms with Crippen LogP contribution in [0.1, 0.15) is 43.7 Å². The van der Waals surface area contributed by atoms with E-state index in [1.807, 2.05) is 12.3 Å². The van der Waals surface area contributed by atoms with Crippen LogP contribution in [0.3, 0.4) is 0 Å². The predicted octanol–water partition coefficient (Wildman–Crippen LogP) is 0.728. The molecule has 2 aromatic heterocycles. The van der Waals surface area contributed by atoms with Crippen molar-refractivity contribution in [2.75, 3.05) is 37.7 Å². The molecule has 9 nitrogen and oxygen atoms in total. The van der Waals surface area contributed by atoms with Crippen LogP contribution in [0.4, 0.5) is 5.69 Å². The number of Topliss-reactive ketones (excluding diaryl/α,β-unsaturated/α-hetero) is 1. The van der Waals surface area contributed by atoms with Crippen molar-refractivity contribution in [2.45, 2.75) is 55.6 Å². The molecular weight excluding hydrogens is 428 g/mol. The first kappa shape index (κ1) is 19.5. The SMILES string of the molecule is C[C@H]1CN(c2cc(S3(=O)=C4CC4(C)N3)cn3c(C(=O)C4CC4)nnc23)C[C@@H]2COCCN21. The number of nitrogens with zero attached hydrogens (tertiary/aromatic N) is 5. The Bertz CT molecular complexity index is 1290. The Morgan fingerprint density at radius 2 is 2.16 bits per heavy atom. The van der Waals surface area contributed by atoms with Gasteiger partial charge in [0.2, 0.25) is 11.6 Å². The lowest BCUT2D eigenvalue weighted by atomic mass is 10.1. The number of rotatable bonds is 4. The van der Waals surface area contributed by atoms with Gasteiger partial charge in [-0.15, -0.1) is 10.2 Å². The number of ether oxygens (including phenoxy) is 1. The molecule has 5 aliphatic rings. The highest BCUT2D eigenvalue weighted by molar-refractivity contribution is 8.03. The van der Waals surface area contributed by atoms with Gasteiger partial charge in [0.15, 0.2) is 5.65 Å². The number of hydrogen-bond acceptors (Lipinski definition) is 7. The summed E-state index contributed by atoms with van der Waals surface area (Å²) in [5, 5.41) is 8.75. The van der Waals surface area contributed by atoms with E-state index in [1.54, 1.807) is 4.40 Å². The number of morpholine rings is 1. The molecule has 4 fully saturated rings. The van der Waals surface area contributed by atoms with E-state index < -0.39 is 9.71 Å².